The van der Waals surface area contributed by atoms with Gasteiger partial charge in [0.25, 0.3) is 0 Å². The summed E-state index contributed by atoms with van der Waals surface area (Å²) in [7, 11) is 3.59. The van der Waals surface area contributed by atoms with Crippen LogP contribution in [0.15, 0.2) is 48.5 Å². The van der Waals surface area contributed by atoms with E-state index in [0.29, 0.717) is 0 Å². The van der Waals surface area contributed by atoms with Crippen molar-refractivity contribution in [2.24, 2.45) is 7.05 Å². The van der Waals surface area contributed by atoms with Crippen LogP contribution in [0.4, 0.5) is 10.6 Å². The van der Waals surface area contributed by atoms with Crippen LogP contribution >= 0.6 is 0 Å². The molecule has 0 bridgehead atoms. The first-order chi connectivity index (χ1) is 12.7. The average Bonchev–Trinajstić information content (AvgIpc) is 2.97. The van der Waals surface area contributed by atoms with E-state index >= 15 is 0 Å². The Morgan fingerprint density at radius 1 is 1.19 bits per heavy atom. The fraction of sp³-hybridized carbons (Fsp3) is 0.286. The number of nitrogens with one attached hydrogen (secondary N) is 2. The van der Waals surface area contributed by atoms with Gasteiger partial charge in [0.05, 0.1) is 18.7 Å². The lowest BCUT2D eigenvalue weighted by atomic mass is 9.88. The molecule has 4 rings (SSSR count). The molecular weight excluding hydrogens is 326 g/mol. The molecular formula is C21H23N3O2. The number of nitrogens with zero attached hydrogens (tertiary/aromatic N) is 1. The highest BCUT2D eigenvalue weighted by atomic mass is 16.5. The zero-order valence-corrected chi connectivity index (χ0v) is 15.1. The van der Waals surface area contributed by atoms with E-state index in [4.69, 9.17) is 4.74 Å². The highest BCUT2D eigenvalue weighted by Crippen LogP contribution is 2.30. The van der Waals surface area contributed by atoms with Crippen molar-refractivity contribution in [2.75, 3.05) is 12.4 Å². The zero-order valence-electron chi connectivity index (χ0n) is 15.1. The third-order valence-electron chi connectivity index (χ3n) is 5.17. The molecule has 2 aromatic carbocycles. The van der Waals surface area contributed by atoms with E-state index in [2.05, 4.69) is 28.8 Å². The lowest BCUT2D eigenvalue weighted by molar-refractivity contribution is 0.247. The van der Waals surface area contributed by atoms with E-state index in [1.54, 1.807) is 7.11 Å². The number of carbonyl (C=O) groups is 1. The summed E-state index contributed by atoms with van der Waals surface area (Å²) in [6, 6.07) is 16.1. The van der Waals surface area contributed by atoms with Crippen LogP contribution in [-0.2, 0) is 13.5 Å². The van der Waals surface area contributed by atoms with Gasteiger partial charge in [-0.2, -0.15) is 0 Å². The fourth-order valence-corrected chi connectivity index (χ4v) is 3.77. The lowest BCUT2D eigenvalue weighted by Gasteiger charge is -2.26. The Hall–Kier alpha value is -2.95. The van der Waals surface area contributed by atoms with Crippen LogP contribution in [0.1, 0.15) is 30.0 Å². The maximum Gasteiger partial charge on any atom is 0.320 e. The third kappa shape index (κ3) is 3.01. The zero-order chi connectivity index (χ0) is 18.1. The van der Waals surface area contributed by atoms with Crippen LogP contribution in [0.25, 0.3) is 10.9 Å². The largest absolute Gasteiger partial charge is 0.497 e. The first kappa shape index (κ1) is 16.5. The highest BCUT2D eigenvalue weighted by Gasteiger charge is 2.21. The Labute approximate surface area is 153 Å². The number of methoxy groups -OCH3 is 1. The van der Waals surface area contributed by atoms with Crippen molar-refractivity contribution in [3.8, 4) is 5.75 Å². The number of aryl methyl sites for hydroxylation is 2. The molecule has 1 aliphatic rings. The lowest BCUT2D eigenvalue weighted by Crippen LogP contribution is -2.34. The molecule has 1 aromatic heterocycles. The second-order valence-electron chi connectivity index (χ2n) is 6.76. The molecule has 0 spiro atoms. The molecule has 0 radical (unpaired) electrons. The molecule has 0 aliphatic heterocycles. The van der Waals surface area contributed by atoms with E-state index in [1.165, 1.54) is 11.1 Å². The number of benzene rings is 2. The summed E-state index contributed by atoms with van der Waals surface area (Å²) in [5.41, 5.74) is 3.58. The van der Waals surface area contributed by atoms with Gasteiger partial charge in [0, 0.05) is 18.5 Å². The molecule has 2 amide bonds. The first-order valence-electron chi connectivity index (χ1n) is 8.94. The van der Waals surface area contributed by atoms with Crippen molar-refractivity contribution in [1.82, 2.24) is 9.88 Å². The van der Waals surface area contributed by atoms with Gasteiger partial charge in [0.1, 0.15) is 11.6 Å². The molecule has 1 heterocycles. The molecule has 0 fully saturated rings. The maximum atomic E-state index is 12.6. The highest BCUT2D eigenvalue weighted by molar-refractivity contribution is 5.94. The number of hydrogen-bond acceptors (Lipinski definition) is 2. The number of urea groups is 1. The average molecular weight is 349 g/mol. The van der Waals surface area contributed by atoms with Gasteiger partial charge < -0.3 is 14.6 Å². The monoisotopic (exact) mass is 349 g/mol. The van der Waals surface area contributed by atoms with Crippen molar-refractivity contribution in [3.63, 3.8) is 0 Å². The fourth-order valence-electron chi connectivity index (χ4n) is 3.77. The van der Waals surface area contributed by atoms with Gasteiger partial charge in [-0.15, -0.1) is 0 Å². The maximum absolute atomic E-state index is 12.6. The Balaban J connectivity index is 1.52. The number of hydrogen-bond donors (Lipinski definition) is 2. The van der Waals surface area contributed by atoms with Crippen LogP contribution < -0.4 is 15.4 Å². The van der Waals surface area contributed by atoms with E-state index in [9.17, 15) is 4.79 Å². The van der Waals surface area contributed by atoms with Gasteiger partial charge in [0.15, 0.2) is 0 Å². The van der Waals surface area contributed by atoms with Gasteiger partial charge >= 0.3 is 6.03 Å². The van der Waals surface area contributed by atoms with Crippen molar-refractivity contribution >= 4 is 22.8 Å². The normalized spacial score (nSPS) is 16.2. The first-order valence-corrected chi connectivity index (χ1v) is 8.94. The molecule has 26 heavy (non-hydrogen) atoms. The van der Waals surface area contributed by atoms with E-state index in [1.807, 2.05) is 41.9 Å². The van der Waals surface area contributed by atoms with Gasteiger partial charge in [-0.05, 0) is 48.6 Å². The number of anilines is 1. The molecule has 0 unspecified atom stereocenters. The van der Waals surface area contributed by atoms with Crippen molar-refractivity contribution in [2.45, 2.75) is 25.3 Å². The molecule has 3 aromatic rings. The summed E-state index contributed by atoms with van der Waals surface area (Å²) in [6.45, 7) is 0. The van der Waals surface area contributed by atoms with E-state index in [-0.39, 0.29) is 12.1 Å². The number of carbonyl (C=O) groups excluding carboxylic acids is 1. The Morgan fingerprint density at radius 2 is 2.04 bits per heavy atom. The summed E-state index contributed by atoms with van der Waals surface area (Å²) in [4.78, 5) is 12.6. The molecule has 5 heteroatoms. The van der Waals surface area contributed by atoms with Crippen molar-refractivity contribution < 1.29 is 9.53 Å². The second kappa shape index (κ2) is 6.75. The predicted molar refractivity (Wildman–Crippen MR) is 104 cm³/mol. The number of aromatic nitrogens is 1. The summed E-state index contributed by atoms with van der Waals surface area (Å²) in [5, 5.41) is 7.18. The van der Waals surface area contributed by atoms with Gasteiger partial charge in [0.2, 0.25) is 0 Å². The molecule has 134 valence electrons. The summed E-state index contributed by atoms with van der Waals surface area (Å²) in [6.07, 6.45) is 3.15. The minimum atomic E-state index is -0.176. The standard InChI is InChI=1S/C21H23N3O2/c1-24-19-13-16(26-2)11-10-15(19)12-20(24)23-21(25)22-18-9-5-7-14-6-3-4-8-17(14)18/h3-4,6,8,10-13,18H,5,7,9H2,1-2H3,(H2,22,23,25)/t18-/m1/s1. The van der Waals surface area contributed by atoms with Crippen molar-refractivity contribution in [3.05, 3.63) is 59.7 Å². The number of rotatable bonds is 3. The number of fused-ring (bicyclic) bond motifs is 2. The quantitative estimate of drug-likeness (QED) is 0.737. The molecule has 5 nitrogen and oxygen atoms in total. The smallest absolute Gasteiger partial charge is 0.320 e. The Bertz CT molecular complexity index is 961. The summed E-state index contributed by atoms with van der Waals surface area (Å²) >= 11 is 0. The summed E-state index contributed by atoms with van der Waals surface area (Å²) in [5.74, 6) is 1.56. The summed E-state index contributed by atoms with van der Waals surface area (Å²) < 4.78 is 7.25. The van der Waals surface area contributed by atoms with Gasteiger partial charge in [-0.1, -0.05) is 24.3 Å². The SMILES string of the molecule is COc1ccc2cc(NC(=O)N[C@@H]3CCCc4ccccc43)n(C)c2c1. The molecule has 0 saturated carbocycles. The number of ether oxygens (including phenoxy) is 1. The van der Waals surface area contributed by atoms with Crippen LogP contribution in [0.2, 0.25) is 0 Å². The van der Waals surface area contributed by atoms with Crippen LogP contribution in [-0.4, -0.2) is 17.7 Å². The van der Waals surface area contributed by atoms with Crippen molar-refractivity contribution in [1.29, 1.82) is 0 Å². The molecule has 2 N–H and O–H groups in total. The van der Waals surface area contributed by atoms with Crippen LogP contribution in [0.5, 0.6) is 5.75 Å². The number of amides is 2. The second-order valence-corrected chi connectivity index (χ2v) is 6.76. The molecule has 1 atom stereocenters. The predicted octanol–water partition coefficient (Wildman–Crippen LogP) is 4.39. The molecule has 0 saturated heterocycles. The van der Waals surface area contributed by atoms with Gasteiger partial charge in [-0.25, -0.2) is 4.79 Å². The minimum Gasteiger partial charge on any atom is -0.497 e. The third-order valence-corrected chi connectivity index (χ3v) is 5.17. The Kier molecular flexibility index (Phi) is 4.29. The van der Waals surface area contributed by atoms with E-state index in [0.717, 1.165) is 41.7 Å². The van der Waals surface area contributed by atoms with Crippen LogP contribution in [0, 0.1) is 0 Å². The Morgan fingerprint density at radius 3 is 2.88 bits per heavy atom. The molecule has 1 aliphatic carbocycles. The van der Waals surface area contributed by atoms with E-state index < -0.39 is 0 Å². The minimum absolute atomic E-state index is 0.0646. The topological polar surface area (TPSA) is 55.3 Å². The van der Waals surface area contributed by atoms with Gasteiger partial charge in [-0.3, -0.25) is 5.32 Å². The van der Waals surface area contributed by atoms with Crippen LogP contribution in [0.3, 0.4) is 0 Å².